The second-order valence-corrected chi connectivity index (χ2v) is 6.45. The molecule has 0 spiro atoms. The molecular weight excluding hydrogens is 338 g/mol. The van der Waals surface area contributed by atoms with E-state index in [-0.39, 0.29) is 11.8 Å². The Hall–Kier alpha value is -2.37. The fourth-order valence-corrected chi connectivity index (χ4v) is 3.12. The van der Waals surface area contributed by atoms with Crippen LogP contribution in [0.5, 0.6) is 0 Å². The number of amides is 2. The molecule has 2 N–H and O–H groups in total. The van der Waals surface area contributed by atoms with Gasteiger partial charge in [-0.15, -0.1) is 0 Å². The third-order valence-corrected chi connectivity index (χ3v) is 4.61. The second-order valence-electron chi connectivity index (χ2n) is 6.02. The Morgan fingerprint density at radius 1 is 0.920 bits per heavy atom. The third kappa shape index (κ3) is 4.00. The van der Waals surface area contributed by atoms with Gasteiger partial charge in [-0.3, -0.25) is 9.59 Å². The van der Waals surface area contributed by atoms with Gasteiger partial charge in [0.05, 0.1) is 0 Å². The number of rotatable bonds is 3. The molecule has 0 bridgehead atoms. The molecule has 2 aromatic rings. The lowest BCUT2D eigenvalue weighted by molar-refractivity contribution is -0.134. The molecule has 1 fully saturated rings. The Labute approximate surface area is 152 Å². The zero-order valence-corrected chi connectivity index (χ0v) is 14.5. The highest BCUT2D eigenvalue weighted by Gasteiger charge is 2.28. The van der Waals surface area contributed by atoms with Crippen LogP contribution in [0, 0.1) is 0 Å². The largest absolute Gasteiger partial charge is 0.337 e. The summed E-state index contributed by atoms with van der Waals surface area (Å²) in [6.07, 6.45) is 0. The summed E-state index contributed by atoms with van der Waals surface area (Å²) >= 11 is 5.95. The zero-order valence-electron chi connectivity index (χ0n) is 13.8. The maximum Gasteiger partial charge on any atom is 0.254 e. The molecule has 3 rings (SSSR count). The maximum absolute atomic E-state index is 12.6. The van der Waals surface area contributed by atoms with Crippen molar-refractivity contribution in [1.29, 1.82) is 0 Å². The second kappa shape index (κ2) is 7.68. The van der Waals surface area contributed by atoms with E-state index in [9.17, 15) is 9.59 Å². The van der Waals surface area contributed by atoms with Gasteiger partial charge in [0.1, 0.15) is 6.04 Å². The van der Waals surface area contributed by atoms with Crippen molar-refractivity contribution in [3.05, 3.63) is 70.7 Å². The highest BCUT2D eigenvalue weighted by atomic mass is 35.5. The van der Waals surface area contributed by atoms with Crippen LogP contribution >= 0.6 is 11.6 Å². The summed E-state index contributed by atoms with van der Waals surface area (Å²) in [5.41, 5.74) is 7.44. The number of carbonyl (C=O) groups is 2. The van der Waals surface area contributed by atoms with Crippen LogP contribution in [0.3, 0.4) is 0 Å². The maximum atomic E-state index is 12.6. The monoisotopic (exact) mass is 357 g/mol. The molecule has 1 aliphatic rings. The van der Waals surface area contributed by atoms with Gasteiger partial charge < -0.3 is 15.5 Å². The molecule has 1 aliphatic heterocycles. The van der Waals surface area contributed by atoms with Crippen LogP contribution in [0.2, 0.25) is 5.02 Å². The first-order valence-corrected chi connectivity index (χ1v) is 8.58. The van der Waals surface area contributed by atoms with Crippen molar-refractivity contribution in [2.45, 2.75) is 6.04 Å². The van der Waals surface area contributed by atoms with E-state index in [4.69, 9.17) is 17.3 Å². The predicted octanol–water partition coefficient (Wildman–Crippen LogP) is 2.32. The summed E-state index contributed by atoms with van der Waals surface area (Å²) < 4.78 is 0. The number of nitrogens with zero attached hydrogens (tertiary/aromatic N) is 2. The number of hydrogen-bond donors (Lipinski definition) is 1. The van der Waals surface area contributed by atoms with Gasteiger partial charge in [0, 0.05) is 36.8 Å². The van der Waals surface area contributed by atoms with Gasteiger partial charge >= 0.3 is 0 Å². The van der Waals surface area contributed by atoms with Crippen molar-refractivity contribution in [2.24, 2.45) is 5.73 Å². The minimum atomic E-state index is -0.670. The van der Waals surface area contributed by atoms with Crippen LogP contribution < -0.4 is 5.73 Å². The third-order valence-electron chi connectivity index (χ3n) is 4.37. The summed E-state index contributed by atoms with van der Waals surface area (Å²) in [6.45, 7) is 1.93. The molecular formula is C19H20ClN3O2. The number of halogens is 1. The zero-order chi connectivity index (χ0) is 17.8. The molecule has 1 atom stereocenters. The van der Waals surface area contributed by atoms with Gasteiger partial charge in [-0.2, -0.15) is 0 Å². The van der Waals surface area contributed by atoms with E-state index >= 15 is 0 Å². The number of hydrogen-bond acceptors (Lipinski definition) is 3. The van der Waals surface area contributed by atoms with Gasteiger partial charge in [-0.1, -0.05) is 48.0 Å². The van der Waals surface area contributed by atoms with Gasteiger partial charge in [0.15, 0.2) is 0 Å². The Kier molecular flexibility index (Phi) is 5.36. The quantitative estimate of drug-likeness (QED) is 0.916. The van der Waals surface area contributed by atoms with E-state index < -0.39 is 6.04 Å². The fourth-order valence-electron chi connectivity index (χ4n) is 2.93. The van der Waals surface area contributed by atoms with Gasteiger partial charge in [-0.25, -0.2) is 0 Å². The molecule has 5 nitrogen and oxygen atoms in total. The van der Waals surface area contributed by atoms with E-state index in [1.165, 1.54) is 0 Å². The molecule has 1 saturated heterocycles. The molecule has 0 saturated carbocycles. The van der Waals surface area contributed by atoms with E-state index in [1.807, 2.05) is 30.3 Å². The first-order chi connectivity index (χ1) is 12.1. The molecule has 0 aromatic heterocycles. The fraction of sp³-hybridized carbons (Fsp3) is 0.263. The molecule has 6 heteroatoms. The van der Waals surface area contributed by atoms with Crippen molar-refractivity contribution in [1.82, 2.24) is 9.80 Å². The standard InChI is InChI=1S/C19H20ClN3O2/c20-16-8-4-7-15(13-16)18(24)22-9-11-23(12-10-22)19(25)17(21)14-5-2-1-3-6-14/h1-8,13,17H,9-12,21H2. The van der Waals surface area contributed by atoms with Gasteiger partial charge in [0.25, 0.3) is 5.91 Å². The molecule has 0 aliphatic carbocycles. The van der Waals surface area contributed by atoms with Crippen molar-refractivity contribution in [2.75, 3.05) is 26.2 Å². The Bertz CT molecular complexity index is 758. The van der Waals surface area contributed by atoms with Crippen LogP contribution in [0.15, 0.2) is 54.6 Å². The van der Waals surface area contributed by atoms with E-state index in [2.05, 4.69) is 0 Å². The molecule has 1 heterocycles. The molecule has 0 radical (unpaired) electrons. The average molecular weight is 358 g/mol. The minimum Gasteiger partial charge on any atom is -0.337 e. The lowest BCUT2D eigenvalue weighted by atomic mass is 10.1. The van der Waals surface area contributed by atoms with Crippen LogP contribution in [0.4, 0.5) is 0 Å². The van der Waals surface area contributed by atoms with Crippen LogP contribution in [-0.2, 0) is 4.79 Å². The van der Waals surface area contributed by atoms with E-state index in [0.717, 1.165) is 5.56 Å². The highest BCUT2D eigenvalue weighted by Crippen LogP contribution is 2.17. The van der Waals surface area contributed by atoms with Gasteiger partial charge in [0.2, 0.25) is 5.91 Å². The van der Waals surface area contributed by atoms with Crippen molar-refractivity contribution in [3.8, 4) is 0 Å². The lowest BCUT2D eigenvalue weighted by Gasteiger charge is -2.36. The normalized spacial score (nSPS) is 15.8. The Morgan fingerprint density at radius 2 is 1.56 bits per heavy atom. The Morgan fingerprint density at radius 3 is 2.20 bits per heavy atom. The molecule has 130 valence electrons. The molecule has 1 unspecified atom stereocenters. The van der Waals surface area contributed by atoms with Crippen LogP contribution in [-0.4, -0.2) is 47.8 Å². The van der Waals surface area contributed by atoms with Crippen molar-refractivity contribution < 1.29 is 9.59 Å². The number of carbonyl (C=O) groups excluding carboxylic acids is 2. The SMILES string of the molecule is NC(C(=O)N1CCN(C(=O)c2cccc(Cl)c2)CC1)c1ccccc1. The first kappa shape index (κ1) is 17.5. The predicted molar refractivity (Wildman–Crippen MR) is 97.3 cm³/mol. The topological polar surface area (TPSA) is 66.6 Å². The minimum absolute atomic E-state index is 0.0676. The summed E-state index contributed by atoms with van der Waals surface area (Å²) in [4.78, 5) is 28.6. The summed E-state index contributed by atoms with van der Waals surface area (Å²) in [7, 11) is 0. The number of benzene rings is 2. The highest BCUT2D eigenvalue weighted by molar-refractivity contribution is 6.30. The number of piperazine rings is 1. The molecule has 2 amide bonds. The van der Waals surface area contributed by atoms with Crippen molar-refractivity contribution in [3.63, 3.8) is 0 Å². The van der Waals surface area contributed by atoms with Crippen molar-refractivity contribution >= 4 is 23.4 Å². The molecule has 25 heavy (non-hydrogen) atoms. The first-order valence-electron chi connectivity index (χ1n) is 8.20. The van der Waals surface area contributed by atoms with Crippen LogP contribution in [0.25, 0.3) is 0 Å². The van der Waals surface area contributed by atoms with E-state index in [0.29, 0.717) is 36.8 Å². The van der Waals surface area contributed by atoms with E-state index in [1.54, 1.807) is 34.1 Å². The smallest absolute Gasteiger partial charge is 0.254 e. The summed E-state index contributed by atoms with van der Waals surface area (Å²) in [6, 6.07) is 15.5. The summed E-state index contributed by atoms with van der Waals surface area (Å²) in [5.74, 6) is -0.178. The van der Waals surface area contributed by atoms with Crippen LogP contribution in [0.1, 0.15) is 22.0 Å². The lowest BCUT2D eigenvalue weighted by Crippen LogP contribution is -2.52. The Balaban J connectivity index is 1.60. The number of nitrogens with two attached hydrogens (primary N) is 1. The summed E-state index contributed by atoms with van der Waals surface area (Å²) in [5, 5.41) is 0.536. The van der Waals surface area contributed by atoms with Gasteiger partial charge in [-0.05, 0) is 23.8 Å². The average Bonchev–Trinajstić information content (AvgIpc) is 2.67. The molecule has 2 aromatic carbocycles.